The van der Waals surface area contributed by atoms with E-state index in [-0.39, 0.29) is 18.5 Å². The number of benzene rings is 3. The third kappa shape index (κ3) is 3.81. The van der Waals surface area contributed by atoms with E-state index in [4.69, 9.17) is 0 Å². The molecule has 1 saturated heterocycles. The van der Waals surface area contributed by atoms with Gasteiger partial charge in [0.15, 0.2) is 8.24 Å². The lowest BCUT2D eigenvalue weighted by molar-refractivity contribution is -0.133. The van der Waals surface area contributed by atoms with Gasteiger partial charge in [-0.3, -0.25) is 9.69 Å². The van der Waals surface area contributed by atoms with E-state index in [1.807, 2.05) is 95.6 Å². The van der Waals surface area contributed by atoms with E-state index in [9.17, 15) is 9.59 Å². The van der Waals surface area contributed by atoms with Crippen molar-refractivity contribution < 1.29 is 9.59 Å². The fraction of sp³-hybridized carbons (Fsp3) is 0.231. The zero-order valence-corrected chi connectivity index (χ0v) is 19.3. The molecule has 1 unspecified atom stereocenters. The molecule has 0 saturated carbocycles. The average Bonchev–Trinajstić information content (AvgIpc) is 2.98. The van der Waals surface area contributed by atoms with Crippen molar-refractivity contribution in [2.24, 2.45) is 0 Å². The number of carbonyl (C=O) groups excluding carboxylic acids is 2. The highest BCUT2D eigenvalue weighted by molar-refractivity contribution is 6.76. The maximum atomic E-state index is 14.2. The van der Waals surface area contributed by atoms with Gasteiger partial charge in [0.2, 0.25) is 0 Å². The van der Waals surface area contributed by atoms with Crippen LogP contribution in [0.1, 0.15) is 16.7 Å². The van der Waals surface area contributed by atoms with Crippen molar-refractivity contribution in [1.29, 1.82) is 0 Å². The minimum absolute atomic E-state index is 0.140. The Bertz CT molecular complexity index is 1060. The van der Waals surface area contributed by atoms with Crippen molar-refractivity contribution in [3.63, 3.8) is 0 Å². The molecule has 158 valence electrons. The molecule has 1 heterocycles. The van der Waals surface area contributed by atoms with Gasteiger partial charge in [0.25, 0.3) is 5.91 Å². The van der Waals surface area contributed by atoms with Crippen LogP contribution in [-0.4, -0.2) is 29.6 Å². The van der Waals surface area contributed by atoms with Gasteiger partial charge in [-0.2, -0.15) is 0 Å². The minimum Gasteiger partial charge on any atom is -0.334 e. The first-order valence-electron chi connectivity index (χ1n) is 10.6. The van der Waals surface area contributed by atoms with Crippen molar-refractivity contribution >= 4 is 20.2 Å². The molecule has 0 aromatic heterocycles. The number of rotatable bonds is 6. The molecule has 1 atom stereocenters. The van der Waals surface area contributed by atoms with E-state index in [1.165, 1.54) is 4.90 Å². The first-order valence-corrected chi connectivity index (χ1v) is 14.1. The molecule has 3 amide bonds. The Morgan fingerprint density at radius 3 is 1.71 bits per heavy atom. The first-order chi connectivity index (χ1) is 14.8. The van der Waals surface area contributed by atoms with Gasteiger partial charge in [-0.05, 0) is 16.7 Å². The van der Waals surface area contributed by atoms with Gasteiger partial charge in [0.05, 0.1) is 6.54 Å². The summed E-state index contributed by atoms with van der Waals surface area (Å²) in [6.07, 6.45) is 0.456. The topological polar surface area (TPSA) is 40.6 Å². The van der Waals surface area contributed by atoms with E-state index in [0.717, 1.165) is 16.7 Å². The van der Waals surface area contributed by atoms with Crippen molar-refractivity contribution in [1.82, 2.24) is 9.47 Å². The number of urea groups is 1. The second kappa shape index (κ2) is 8.15. The van der Waals surface area contributed by atoms with Crippen LogP contribution in [0.25, 0.3) is 0 Å². The summed E-state index contributed by atoms with van der Waals surface area (Å²) in [7, 11) is -2.24. The fourth-order valence-corrected chi connectivity index (χ4v) is 6.71. The number of nitrogens with zero attached hydrogens (tertiary/aromatic N) is 2. The summed E-state index contributed by atoms with van der Waals surface area (Å²) in [6, 6.07) is 29.3. The molecule has 1 aliphatic heterocycles. The van der Waals surface area contributed by atoms with Crippen LogP contribution in [-0.2, 0) is 23.3 Å². The van der Waals surface area contributed by atoms with Gasteiger partial charge in [0, 0.05) is 6.42 Å². The van der Waals surface area contributed by atoms with Gasteiger partial charge in [0.1, 0.15) is 5.54 Å². The third-order valence-corrected chi connectivity index (χ3v) is 7.73. The van der Waals surface area contributed by atoms with E-state index in [1.54, 1.807) is 0 Å². The second-order valence-corrected chi connectivity index (χ2v) is 13.8. The van der Waals surface area contributed by atoms with Gasteiger partial charge in [-0.15, -0.1) is 0 Å². The molecule has 1 aliphatic rings. The third-order valence-electron chi connectivity index (χ3n) is 5.81. The van der Waals surface area contributed by atoms with Crippen LogP contribution < -0.4 is 0 Å². The smallest absolute Gasteiger partial charge is 0.320 e. The van der Waals surface area contributed by atoms with Crippen LogP contribution in [0.15, 0.2) is 91.0 Å². The largest absolute Gasteiger partial charge is 0.334 e. The van der Waals surface area contributed by atoms with E-state index in [0.29, 0.717) is 6.42 Å². The van der Waals surface area contributed by atoms with Gasteiger partial charge in [-0.25, -0.2) is 4.79 Å². The standard InChI is InChI=1S/C26H28N2O2Si/c1-31(2,3)28-25(30)27(20-22-15-9-5-10-16-22)24(29)26(28,23-17-11-6-12-18-23)19-21-13-7-4-8-14-21/h4-18H,19-20H2,1-3H3. The SMILES string of the molecule is C[Si](C)(C)N1C(=O)N(Cc2ccccc2)C(=O)C1(Cc1ccccc1)c1ccccc1. The summed E-state index contributed by atoms with van der Waals surface area (Å²) in [5.41, 5.74) is 1.81. The zero-order valence-electron chi connectivity index (χ0n) is 18.3. The molecular formula is C26H28N2O2Si. The van der Waals surface area contributed by atoms with Gasteiger partial charge < -0.3 is 4.57 Å². The predicted molar refractivity (Wildman–Crippen MR) is 126 cm³/mol. The summed E-state index contributed by atoms with van der Waals surface area (Å²) >= 11 is 0. The molecule has 3 aromatic rings. The lowest BCUT2D eigenvalue weighted by atomic mass is 9.83. The summed E-state index contributed by atoms with van der Waals surface area (Å²) in [5, 5.41) is 0. The molecule has 3 aromatic carbocycles. The van der Waals surface area contributed by atoms with Crippen molar-refractivity contribution in [3.05, 3.63) is 108 Å². The van der Waals surface area contributed by atoms with Crippen molar-refractivity contribution in [2.75, 3.05) is 0 Å². The minimum atomic E-state index is -2.24. The highest BCUT2D eigenvalue weighted by atomic mass is 28.3. The van der Waals surface area contributed by atoms with Crippen LogP contribution in [0, 0.1) is 0 Å². The molecule has 0 aliphatic carbocycles. The van der Waals surface area contributed by atoms with Crippen LogP contribution in [0.4, 0.5) is 4.79 Å². The molecule has 0 bridgehead atoms. The zero-order chi connectivity index (χ0) is 22.1. The maximum absolute atomic E-state index is 14.2. The van der Waals surface area contributed by atoms with Crippen LogP contribution >= 0.6 is 0 Å². The Morgan fingerprint density at radius 1 is 0.710 bits per heavy atom. The molecule has 4 nitrogen and oxygen atoms in total. The number of hydrogen-bond acceptors (Lipinski definition) is 2. The Balaban J connectivity index is 1.89. The molecule has 0 N–H and O–H groups in total. The molecule has 5 heteroatoms. The number of carbonyl (C=O) groups is 2. The lowest BCUT2D eigenvalue weighted by Gasteiger charge is -2.43. The summed E-state index contributed by atoms with van der Waals surface area (Å²) in [6.45, 7) is 6.68. The first kappa shape index (κ1) is 21.1. The summed E-state index contributed by atoms with van der Waals surface area (Å²) in [5.74, 6) is -0.140. The van der Waals surface area contributed by atoms with Gasteiger partial charge in [-0.1, -0.05) is 111 Å². The molecule has 0 radical (unpaired) electrons. The monoisotopic (exact) mass is 428 g/mol. The second-order valence-electron chi connectivity index (χ2n) is 9.05. The highest BCUT2D eigenvalue weighted by Gasteiger charge is 2.61. The van der Waals surface area contributed by atoms with Crippen LogP contribution in [0.5, 0.6) is 0 Å². The molecule has 1 fully saturated rings. The van der Waals surface area contributed by atoms with Crippen LogP contribution in [0.3, 0.4) is 0 Å². The van der Waals surface area contributed by atoms with Crippen molar-refractivity contribution in [2.45, 2.75) is 38.1 Å². The Hall–Kier alpha value is -3.18. The number of imide groups is 1. The van der Waals surface area contributed by atoms with Crippen LogP contribution in [0.2, 0.25) is 19.6 Å². The molecule has 4 rings (SSSR count). The Kier molecular flexibility index (Phi) is 5.54. The highest BCUT2D eigenvalue weighted by Crippen LogP contribution is 2.44. The Morgan fingerprint density at radius 2 is 1.19 bits per heavy atom. The lowest BCUT2D eigenvalue weighted by Crippen LogP contribution is -2.59. The van der Waals surface area contributed by atoms with E-state index in [2.05, 4.69) is 19.6 Å². The molecular weight excluding hydrogens is 400 g/mol. The quantitative estimate of drug-likeness (QED) is 0.388. The van der Waals surface area contributed by atoms with Gasteiger partial charge >= 0.3 is 6.03 Å². The van der Waals surface area contributed by atoms with Crippen molar-refractivity contribution in [3.8, 4) is 0 Å². The Labute approximate surface area is 185 Å². The predicted octanol–water partition coefficient (Wildman–Crippen LogP) is 5.42. The maximum Gasteiger partial charge on any atom is 0.320 e. The number of amides is 3. The fourth-order valence-electron chi connectivity index (χ4n) is 4.57. The summed E-state index contributed by atoms with van der Waals surface area (Å²) in [4.78, 5) is 29.4. The summed E-state index contributed by atoms with van der Waals surface area (Å²) < 4.78 is 1.92. The molecule has 31 heavy (non-hydrogen) atoms. The van der Waals surface area contributed by atoms with E-state index >= 15 is 0 Å². The normalized spacial score (nSPS) is 19.2. The molecule has 0 spiro atoms. The average molecular weight is 429 g/mol. The number of hydrogen-bond donors (Lipinski definition) is 0. The van der Waals surface area contributed by atoms with E-state index < -0.39 is 13.8 Å².